The lowest BCUT2D eigenvalue weighted by Crippen LogP contribution is -2.16. The van der Waals surface area contributed by atoms with Crippen molar-refractivity contribution in [2.75, 3.05) is 18.5 Å². The topological polar surface area (TPSA) is 50.7 Å². The van der Waals surface area contributed by atoms with Gasteiger partial charge in [-0.2, -0.15) is 0 Å². The van der Waals surface area contributed by atoms with Crippen molar-refractivity contribution in [3.63, 3.8) is 0 Å². The second kappa shape index (κ2) is 6.24. The molecule has 0 amide bonds. The molecule has 21 heavy (non-hydrogen) atoms. The summed E-state index contributed by atoms with van der Waals surface area (Å²) in [5.74, 6) is 1.31. The molecule has 2 aromatic carbocycles. The maximum absolute atomic E-state index is 9.14. The van der Waals surface area contributed by atoms with Gasteiger partial charge in [-0.3, -0.25) is 0 Å². The standard InChI is InChI=1S/C16H16ClNO3/c17-14-7-12(8-15-16(14)21-5-4-20-15)9-18-13-3-1-2-11(6-13)10-19/h1-3,6-8,18-19H,4-5,9-10H2. The highest BCUT2D eigenvalue weighted by Crippen LogP contribution is 2.38. The van der Waals surface area contributed by atoms with Crippen LogP contribution in [0.25, 0.3) is 0 Å². The van der Waals surface area contributed by atoms with Gasteiger partial charge in [0.05, 0.1) is 11.6 Å². The van der Waals surface area contributed by atoms with Crippen LogP contribution in [0.2, 0.25) is 5.02 Å². The molecule has 2 aromatic rings. The van der Waals surface area contributed by atoms with Crippen LogP contribution in [-0.2, 0) is 13.2 Å². The van der Waals surface area contributed by atoms with Crippen LogP contribution >= 0.6 is 11.6 Å². The van der Waals surface area contributed by atoms with E-state index in [0.717, 1.165) is 16.8 Å². The summed E-state index contributed by atoms with van der Waals surface area (Å²) in [4.78, 5) is 0. The van der Waals surface area contributed by atoms with Crippen molar-refractivity contribution in [3.05, 3.63) is 52.5 Å². The smallest absolute Gasteiger partial charge is 0.179 e. The van der Waals surface area contributed by atoms with E-state index in [4.69, 9.17) is 26.2 Å². The minimum Gasteiger partial charge on any atom is -0.486 e. The van der Waals surface area contributed by atoms with Crippen LogP contribution in [0.3, 0.4) is 0 Å². The van der Waals surface area contributed by atoms with E-state index in [1.54, 1.807) is 0 Å². The number of benzene rings is 2. The van der Waals surface area contributed by atoms with Crippen LogP contribution in [0.1, 0.15) is 11.1 Å². The first-order valence-electron chi connectivity index (χ1n) is 6.78. The van der Waals surface area contributed by atoms with Crippen LogP contribution in [-0.4, -0.2) is 18.3 Å². The molecule has 0 bridgehead atoms. The average molecular weight is 306 g/mol. The molecule has 0 aromatic heterocycles. The third-order valence-corrected chi connectivity index (χ3v) is 3.54. The summed E-state index contributed by atoms with van der Waals surface area (Å²) in [6.07, 6.45) is 0. The second-order valence-electron chi connectivity index (χ2n) is 4.81. The van der Waals surface area contributed by atoms with E-state index in [0.29, 0.717) is 36.3 Å². The number of ether oxygens (including phenoxy) is 2. The largest absolute Gasteiger partial charge is 0.486 e. The lowest BCUT2D eigenvalue weighted by atomic mass is 10.1. The van der Waals surface area contributed by atoms with Crippen molar-refractivity contribution in [2.45, 2.75) is 13.2 Å². The molecular formula is C16H16ClNO3. The molecule has 2 N–H and O–H groups in total. The number of aliphatic hydroxyl groups excluding tert-OH is 1. The summed E-state index contributed by atoms with van der Waals surface area (Å²) < 4.78 is 11.1. The van der Waals surface area contributed by atoms with Gasteiger partial charge in [-0.15, -0.1) is 0 Å². The van der Waals surface area contributed by atoms with Crippen molar-refractivity contribution in [3.8, 4) is 11.5 Å². The Labute approximate surface area is 128 Å². The Hall–Kier alpha value is -1.91. The van der Waals surface area contributed by atoms with Crippen molar-refractivity contribution < 1.29 is 14.6 Å². The molecule has 1 aliphatic heterocycles. The zero-order chi connectivity index (χ0) is 14.7. The number of halogens is 1. The van der Waals surface area contributed by atoms with E-state index in [-0.39, 0.29) is 6.61 Å². The normalized spacial score (nSPS) is 13.0. The molecule has 3 rings (SSSR count). The van der Waals surface area contributed by atoms with Gasteiger partial charge in [0.2, 0.25) is 0 Å². The fourth-order valence-corrected chi connectivity index (χ4v) is 2.54. The molecule has 0 radical (unpaired) electrons. The summed E-state index contributed by atoms with van der Waals surface area (Å²) >= 11 is 6.21. The fourth-order valence-electron chi connectivity index (χ4n) is 2.25. The van der Waals surface area contributed by atoms with Crippen molar-refractivity contribution in [1.29, 1.82) is 0 Å². The summed E-state index contributed by atoms with van der Waals surface area (Å²) in [5.41, 5.74) is 2.84. The zero-order valence-corrected chi connectivity index (χ0v) is 12.2. The Balaban J connectivity index is 1.74. The first-order valence-corrected chi connectivity index (χ1v) is 7.16. The minimum absolute atomic E-state index is 0.0331. The maximum atomic E-state index is 9.14. The monoisotopic (exact) mass is 305 g/mol. The van der Waals surface area contributed by atoms with Crippen LogP contribution in [0, 0.1) is 0 Å². The van der Waals surface area contributed by atoms with Gasteiger partial charge < -0.3 is 19.9 Å². The Morgan fingerprint density at radius 3 is 2.81 bits per heavy atom. The molecule has 1 heterocycles. The van der Waals surface area contributed by atoms with Gasteiger partial charge in [-0.25, -0.2) is 0 Å². The Bertz CT molecular complexity index is 645. The van der Waals surface area contributed by atoms with Crippen molar-refractivity contribution >= 4 is 17.3 Å². The highest BCUT2D eigenvalue weighted by molar-refractivity contribution is 6.32. The molecule has 0 unspecified atom stereocenters. The highest BCUT2D eigenvalue weighted by Gasteiger charge is 2.16. The predicted octanol–water partition coefficient (Wildman–Crippen LogP) is 3.22. The second-order valence-corrected chi connectivity index (χ2v) is 5.22. The fraction of sp³-hybridized carbons (Fsp3) is 0.250. The quantitative estimate of drug-likeness (QED) is 0.910. The zero-order valence-electron chi connectivity index (χ0n) is 11.4. The summed E-state index contributed by atoms with van der Waals surface area (Å²) in [5, 5.41) is 13.0. The average Bonchev–Trinajstić information content (AvgIpc) is 2.53. The van der Waals surface area contributed by atoms with Gasteiger partial charge in [0.1, 0.15) is 13.2 Å². The molecule has 1 aliphatic rings. The van der Waals surface area contributed by atoms with Crippen LogP contribution in [0.4, 0.5) is 5.69 Å². The molecule has 5 heteroatoms. The van der Waals surface area contributed by atoms with Gasteiger partial charge in [-0.05, 0) is 35.4 Å². The lowest BCUT2D eigenvalue weighted by molar-refractivity contribution is 0.171. The summed E-state index contributed by atoms with van der Waals surface area (Å²) in [7, 11) is 0. The van der Waals surface area contributed by atoms with Gasteiger partial charge in [0.25, 0.3) is 0 Å². The SMILES string of the molecule is OCc1cccc(NCc2cc(Cl)c3c(c2)OCCO3)c1. The van der Waals surface area contributed by atoms with E-state index in [9.17, 15) is 0 Å². The van der Waals surface area contributed by atoms with E-state index in [1.165, 1.54) is 0 Å². The Morgan fingerprint density at radius 1 is 1.10 bits per heavy atom. The predicted molar refractivity (Wildman–Crippen MR) is 82.1 cm³/mol. The first-order chi connectivity index (χ1) is 10.3. The number of anilines is 1. The van der Waals surface area contributed by atoms with E-state index < -0.39 is 0 Å². The number of rotatable bonds is 4. The van der Waals surface area contributed by atoms with Crippen molar-refractivity contribution in [2.24, 2.45) is 0 Å². The molecule has 0 atom stereocenters. The number of fused-ring (bicyclic) bond motifs is 1. The summed E-state index contributed by atoms with van der Waals surface area (Å²) in [6, 6.07) is 11.5. The molecule has 0 aliphatic carbocycles. The van der Waals surface area contributed by atoms with Crippen LogP contribution in [0.5, 0.6) is 11.5 Å². The van der Waals surface area contributed by atoms with Gasteiger partial charge in [0.15, 0.2) is 11.5 Å². The minimum atomic E-state index is 0.0331. The number of hydrogen-bond acceptors (Lipinski definition) is 4. The molecular weight excluding hydrogens is 290 g/mol. The molecule has 0 saturated carbocycles. The summed E-state index contributed by atoms with van der Waals surface area (Å²) in [6.45, 7) is 1.72. The number of hydrogen-bond donors (Lipinski definition) is 2. The van der Waals surface area contributed by atoms with Gasteiger partial charge in [-0.1, -0.05) is 23.7 Å². The number of nitrogens with one attached hydrogen (secondary N) is 1. The lowest BCUT2D eigenvalue weighted by Gasteiger charge is -2.20. The third kappa shape index (κ3) is 3.23. The van der Waals surface area contributed by atoms with Crippen LogP contribution < -0.4 is 14.8 Å². The number of aliphatic hydroxyl groups is 1. The molecule has 0 fully saturated rings. The van der Waals surface area contributed by atoms with E-state index in [1.807, 2.05) is 36.4 Å². The molecule has 0 spiro atoms. The molecule has 4 nitrogen and oxygen atoms in total. The Kier molecular flexibility index (Phi) is 4.18. The highest BCUT2D eigenvalue weighted by atomic mass is 35.5. The molecule has 0 saturated heterocycles. The van der Waals surface area contributed by atoms with E-state index in [2.05, 4.69) is 5.32 Å². The first kappa shape index (κ1) is 14.0. The van der Waals surface area contributed by atoms with E-state index >= 15 is 0 Å². The van der Waals surface area contributed by atoms with Crippen LogP contribution in [0.15, 0.2) is 36.4 Å². The molecule has 110 valence electrons. The Morgan fingerprint density at radius 2 is 1.95 bits per heavy atom. The van der Waals surface area contributed by atoms with Gasteiger partial charge >= 0.3 is 0 Å². The maximum Gasteiger partial charge on any atom is 0.179 e. The van der Waals surface area contributed by atoms with Gasteiger partial charge in [0, 0.05) is 12.2 Å². The van der Waals surface area contributed by atoms with Crippen molar-refractivity contribution in [1.82, 2.24) is 0 Å². The third-order valence-electron chi connectivity index (χ3n) is 3.26.